The summed E-state index contributed by atoms with van der Waals surface area (Å²) in [6, 6.07) is 16.3. The molecule has 4 heterocycles. The molecular weight excluding hydrogens is 508 g/mol. The second-order valence-corrected chi connectivity index (χ2v) is 11.3. The van der Waals surface area contributed by atoms with Gasteiger partial charge < -0.3 is 9.47 Å². The van der Waals surface area contributed by atoms with Crippen LogP contribution in [0, 0.1) is 0 Å². The monoisotopic (exact) mass is 544 g/mol. The lowest BCUT2D eigenvalue weighted by Gasteiger charge is -2.26. The van der Waals surface area contributed by atoms with Gasteiger partial charge in [-0.3, -0.25) is 19.7 Å². The fourth-order valence-electron chi connectivity index (χ4n) is 5.73. The molecule has 2 fully saturated rings. The fourth-order valence-corrected chi connectivity index (χ4v) is 6.41. The first kappa shape index (κ1) is 26.2. The smallest absolute Gasteiger partial charge is 0.158 e. The molecule has 6 rings (SSSR count). The van der Waals surface area contributed by atoms with Crippen molar-refractivity contribution in [3.8, 4) is 17.0 Å². The molecule has 2 aliphatic rings. The molecule has 39 heavy (non-hydrogen) atoms. The van der Waals surface area contributed by atoms with E-state index in [4.69, 9.17) is 9.47 Å². The molecule has 2 aromatic carbocycles. The molecule has 1 N–H and O–H groups in total. The first-order valence-electron chi connectivity index (χ1n) is 14.0. The lowest BCUT2D eigenvalue weighted by atomic mass is 9.97. The van der Waals surface area contributed by atoms with Crippen molar-refractivity contribution in [1.82, 2.24) is 20.0 Å². The average Bonchev–Trinajstić information content (AvgIpc) is 3.76. The summed E-state index contributed by atoms with van der Waals surface area (Å²) >= 11 is 1.66. The highest BCUT2D eigenvalue weighted by Gasteiger charge is 2.29. The molecule has 204 valence electrons. The highest BCUT2D eigenvalue weighted by molar-refractivity contribution is 7.08. The summed E-state index contributed by atoms with van der Waals surface area (Å²) in [5, 5.41) is 13.0. The Labute approximate surface area is 233 Å². The number of Topliss-reactive ketones (excluding diaryl/α,β-unsaturated/α-hetero) is 1. The Morgan fingerprint density at radius 2 is 1.87 bits per heavy atom. The van der Waals surface area contributed by atoms with Gasteiger partial charge in [0.1, 0.15) is 5.75 Å². The zero-order valence-corrected chi connectivity index (χ0v) is 23.1. The number of thiophene rings is 1. The number of ketones is 1. The van der Waals surface area contributed by atoms with Crippen LogP contribution in [0.5, 0.6) is 5.75 Å². The molecule has 0 saturated carbocycles. The van der Waals surface area contributed by atoms with Gasteiger partial charge >= 0.3 is 0 Å². The number of hydrogen-bond donors (Lipinski definition) is 1. The molecule has 2 aliphatic heterocycles. The van der Waals surface area contributed by atoms with Crippen molar-refractivity contribution < 1.29 is 14.3 Å². The quantitative estimate of drug-likeness (QED) is 0.257. The zero-order chi connectivity index (χ0) is 26.4. The van der Waals surface area contributed by atoms with Crippen LogP contribution in [-0.4, -0.2) is 78.3 Å². The van der Waals surface area contributed by atoms with Crippen molar-refractivity contribution in [2.75, 3.05) is 52.5 Å². The minimum atomic E-state index is -0.153. The van der Waals surface area contributed by atoms with Crippen LogP contribution >= 0.6 is 11.3 Å². The number of morpholine rings is 1. The average molecular weight is 545 g/mol. The first-order chi connectivity index (χ1) is 19.2. The molecular formula is C31H36N4O3S. The SMILES string of the molecule is O=C(Cc1ccc2[nH]nc(-c3ccc(OCCCN4CCOCC4)cc3)c2c1)C(c1ccsc1)N1CCCC1. The van der Waals surface area contributed by atoms with Crippen LogP contribution in [0.2, 0.25) is 0 Å². The maximum atomic E-state index is 13.6. The van der Waals surface area contributed by atoms with E-state index in [1.807, 2.05) is 24.3 Å². The van der Waals surface area contributed by atoms with Gasteiger partial charge in [0, 0.05) is 37.0 Å². The Balaban J connectivity index is 1.12. The predicted molar refractivity (Wildman–Crippen MR) is 155 cm³/mol. The number of aromatic amines is 1. The molecule has 2 aromatic heterocycles. The number of nitrogens with zero attached hydrogens (tertiary/aromatic N) is 3. The molecule has 0 amide bonds. The van der Waals surface area contributed by atoms with Crippen LogP contribution in [-0.2, 0) is 16.0 Å². The standard InChI is InChI=1S/C31H36N4O3S/c36-29(31(25-10-19-39-22-25)35-12-1-2-13-35)21-23-4-9-28-27(20-23)30(33-32-28)24-5-7-26(8-6-24)38-16-3-11-34-14-17-37-18-15-34/h4-10,19-20,22,31H,1-3,11-18,21H2,(H,32,33). The highest BCUT2D eigenvalue weighted by atomic mass is 32.1. The van der Waals surface area contributed by atoms with Crippen LogP contribution in [0.1, 0.15) is 36.4 Å². The predicted octanol–water partition coefficient (Wildman–Crippen LogP) is 5.34. The molecule has 7 nitrogen and oxygen atoms in total. The van der Waals surface area contributed by atoms with E-state index in [0.717, 1.165) is 104 Å². The number of carbonyl (C=O) groups excluding carboxylic acids is 1. The van der Waals surface area contributed by atoms with Gasteiger partial charge in [0.15, 0.2) is 5.78 Å². The molecule has 0 spiro atoms. The first-order valence-corrected chi connectivity index (χ1v) is 15.0. The van der Waals surface area contributed by atoms with Gasteiger partial charge in [-0.2, -0.15) is 16.4 Å². The number of rotatable bonds is 11. The second-order valence-electron chi connectivity index (χ2n) is 10.5. The lowest BCUT2D eigenvalue weighted by molar-refractivity contribution is -0.123. The number of H-pyrrole nitrogens is 1. The normalized spacial score (nSPS) is 17.5. The minimum Gasteiger partial charge on any atom is -0.494 e. The molecule has 0 radical (unpaired) electrons. The third-order valence-corrected chi connectivity index (χ3v) is 8.50. The van der Waals surface area contributed by atoms with Gasteiger partial charge in [0.2, 0.25) is 0 Å². The zero-order valence-electron chi connectivity index (χ0n) is 22.3. The summed E-state index contributed by atoms with van der Waals surface area (Å²) in [6.45, 7) is 7.40. The summed E-state index contributed by atoms with van der Waals surface area (Å²) in [5.41, 5.74) is 5.04. The number of hydrogen-bond acceptors (Lipinski definition) is 7. The Hall–Kier alpha value is -3.04. The number of likely N-dealkylation sites (tertiary alicyclic amines) is 1. The number of nitrogens with one attached hydrogen (secondary N) is 1. The molecule has 8 heteroatoms. The van der Waals surface area contributed by atoms with Crippen LogP contribution in [0.3, 0.4) is 0 Å². The Bertz CT molecular complexity index is 1360. The van der Waals surface area contributed by atoms with Crippen LogP contribution in [0.15, 0.2) is 59.3 Å². The van der Waals surface area contributed by atoms with Gasteiger partial charge in [0.25, 0.3) is 0 Å². The van der Waals surface area contributed by atoms with E-state index in [1.54, 1.807) is 11.3 Å². The van der Waals surface area contributed by atoms with Crippen molar-refractivity contribution in [1.29, 1.82) is 0 Å². The molecule has 0 bridgehead atoms. The van der Waals surface area contributed by atoms with Gasteiger partial charge in [-0.15, -0.1) is 0 Å². The van der Waals surface area contributed by atoms with E-state index < -0.39 is 0 Å². The highest BCUT2D eigenvalue weighted by Crippen LogP contribution is 2.31. The molecule has 4 aromatic rings. The molecule has 0 aliphatic carbocycles. The van der Waals surface area contributed by atoms with Gasteiger partial charge in [-0.05, 0) is 96.7 Å². The van der Waals surface area contributed by atoms with E-state index in [0.29, 0.717) is 13.0 Å². The van der Waals surface area contributed by atoms with Crippen LogP contribution in [0.4, 0.5) is 0 Å². The van der Waals surface area contributed by atoms with Gasteiger partial charge in [0.05, 0.1) is 37.1 Å². The number of carbonyl (C=O) groups is 1. The summed E-state index contributed by atoms with van der Waals surface area (Å²) in [5.74, 6) is 1.13. The van der Waals surface area contributed by atoms with Crippen molar-refractivity contribution >= 4 is 28.0 Å². The third kappa shape index (κ3) is 6.25. The van der Waals surface area contributed by atoms with E-state index >= 15 is 0 Å². The fraction of sp³-hybridized carbons (Fsp3) is 0.419. The molecule has 1 unspecified atom stereocenters. The molecule has 1 atom stereocenters. The Kier molecular flexibility index (Phi) is 8.35. The number of aromatic nitrogens is 2. The van der Waals surface area contributed by atoms with Crippen molar-refractivity contribution in [2.45, 2.75) is 31.7 Å². The van der Waals surface area contributed by atoms with Crippen LogP contribution in [0.25, 0.3) is 22.2 Å². The molecule has 2 saturated heterocycles. The van der Waals surface area contributed by atoms with Crippen molar-refractivity contribution in [3.63, 3.8) is 0 Å². The third-order valence-electron chi connectivity index (χ3n) is 7.79. The van der Waals surface area contributed by atoms with Crippen molar-refractivity contribution in [3.05, 3.63) is 70.4 Å². The largest absolute Gasteiger partial charge is 0.494 e. The maximum Gasteiger partial charge on any atom is 0.158 e. The summed E-state index contributed by atoms with van der Waals surface area (Å²) in [6.07, 6.45) is 3.74. The van der Waals surface area contributed by atoms with Crippen molar-refractivity contribution in [2.24, 2.45) is 0 Å². The minimum absolute atomic E-state index is 0.153. The van der Waals surface area contributed by atoms with E-state index in [-0.39, 0.29) is 11.8 Å². The number of fused-ring (bicyclic) bond motifs is 1. The summed E-state index contributed by atoms with van der Waals surface area (Å²) in [4.78, 5) is 18.4. The second kappa shape index (κ2) is 12.4. The van der Waals surface area contributed by atoms with E-state index in [1.165, 1.54) is 0 Å². The Morgan fingerprint density at radius 3 is 2.64 bits per heavy atom. The topological polar surface area (TPSA) is 70.7 Å². The van der Waals surface area contributed by atoms with Crippen LogP contribution < -0.4 is 4.74 Å². The van der Waals surface area contributed by atoms with E-state index in [9.17, 15) is 4.79 Å². The summed E-state index contributed by atoms with van der Waals surface area (Å²) in [7, 11) is 0. The maximum absolute atomic E-state index is 13.6. The lowest BCUT2D eigenvalue weighted by Crippen LogP contribution is -2.37. The number of ether oxygens (including phenoxy) is 2. The summed E-state index contributed by atoms with van der Waals surface area (Å²) < 4.78 is 11.4. The number of benzene rings is 2. The van der Waals surface area contributed by atoms with Gasteiger partial charge in [-0.25, -0.2) is 0 Å². The van der Waals surface area contributed by atoms with Gasteiger partial charge in [-0.1, -0.05) is 6.07 Å². The Morgan fingerprint density at radius 1 is 1.05 bits per heavy atom. The van der Waals surface area contributed by atoms with E-state index in [2.05, 4.69) is 55.0 Å².